The third-order valence-corrected chi connectivity index (χ3v) is 3.20. The monoisotopic (exact) mass is 245 g/mol. The third kappa shape index (κ3) is 2.55. The Balaban J connectivity index is 2.44. The maximum Gasteiger partial charge on any atom is 0.340 e. The third-order valence-electron chi connectivity index (χ3n) is 3.20. The van der Waals surface area contributed by atoms with E-state index in [1.165, 1.54) is 0 Å². The molecule has 18 heavy (non-hydrogen) atoms. The molecule has 3 nitrogen and oxygen atoms in total. The molecule has 1 heterocycles. The summed E-state index contributed by atoms with van der Waals surface area (Å²) in [6, 6.07) is 9.78. The van der Waals surface area contributed by atoms with Gasteiger partial charge in [0.25, 0.3) is 0 Å². The molecule has 0 aliphatic carbocycles. The highest BCUT2D eigenvalue weighted by molar-refractivity contribution is 6.17. The molecule has 0 atom stereocenters. The van der Waals surface area contributed by atoms with Crippen LogP contribution in [0.15, 0.2) is 36.0 Å². The second-order valence-electron chi connectivity index (χ2n) is 4.43. The van der Waals surface area contributed by atoms with Crippen molar-refractivity contribution < 1.29 is 9.53 Å². The summed E-state index contributed by atoms with van der Waals surface area (Å²) in [6.45, 7) is 3.25. The standard InChI is InChI=1S/C15H19NO2/c1-3-18-15(17)14(12-8-5-4-6-9-12)13-10-7-11-16(13)2/h4-6,8-9H,3,7,10-11H2,1-2H3/b14-13-. The normalized spacial score (nSPS) is 17.8. The van der Waals surface area contributed by atoms with Crippen LogP contribution in [0.4, 0.5) is 0 Å². The summed E-state index contributed by atoms with van der Waals surface area (Å²) in [6.07, 6.45) is 2.04. The van der Waals surface area contributed by atoms with E-state index in [-0.39, 0.29) is 5.97 Å². The molecule has 0 radical (unpaired) electrons. The summed E-state index contributed by atoms with van der Waals surface area (Å²) in [5, 5.41) is 0. The van der Waals surface area contributed by atoms with Gasteiger partial charge in [0.15, 0.2) is 0 Å². The van der Waals surface area contributed by atoms with Gasteiger partial charge in [-0.1, -0.05) is 30.3 Å². The van der Waals surface area contributed by atoms with Crippen LogP contribution < -0.4 is 0 Å². The van der Waals surface area contributed by atoms with Crippen LogP contribution in [0.5, 0.6) is 0 Å². The van der Waals surface area contributed by atoms with E-state index in [0.717, 1.165) is 36.2 Å². The minimum absolute atomic E-state index is 0.215. The van der Waals surface area contributed by atoms with Crippen LogP contribution in [0.3, 0.4) is 0 Å². The number of carbonyl (C=O) groups excluding carboxylic acids is 1. The first-order valence-electron chi connectivity index (χ1n) is 6.41. The van der Waals surface area contributed by atoms with Gasteiger partial charge in [-0.2, -0.15) is 0 Å². The lowest BCUT2D eigenvalue weighted by atomic mass is 10.0. The Morgan fingerprint density at radius 1 is 1.33 bits per heavy atom. The van der Waals surface area contributed by atoms with Crippen molar-refractivity contribution in [1.82, 2.24) is 4.90 Å². The predicted molar refractivity (Wildman–Crippen MR) is 71.9 cm³/mol. The molecule has 1 aliphatic rings. The number of nitrogens with zero attached hydrogens (tertiary/aromatic N) is 1. The number of benzene rings is 1. The van der Waals surface area contributed by atoms with E-state index in [1.54, 1.807) is 0 Å². The highest BCUT2D eigenvalue weighted by atomic mass is 16.5. The minimum atomic E-state index is -0.215. The van der Waals surface area contributed by atoms with E-state index < -0.39 is 0 Å². The van der Waals surface area contributed by atoms with Crippen molar-refractivity contribution in [3.8, 4) is 0 Å². The molecule has 1 aliphatic heterocycles. The molecule has 2 rings (SSSR count). The summed E-state index contributed by atoms with van der Waals surface area (Å²) in [5.41, 5.74) is 2.76. The Morgan fingerprint density at radius 2 is 2.06 bits per heavy atom. The quantitative estimate of drug-likeness (QED) is 0.605. The van der Waals surface area contributed by atoms with Crippen molar-refractivity contribution in [3.63, 3.8) is 0 Å². The van der Waals surface area contributed by atoms with Crippen molar-refractivity contribution in [3.05, 3.63) is 41.6 Å². The van der Waals surface area contributed by atoms with Crippen LogP contribution >= 0.6 is 0 Å². The maximum absolute atomic E-state index is 12.2. The molecule has 0 spiro atoms. The van der Waals surface area contributed by atoms with Crippen LogP contribution in [0.25, 0.3) is 5.57 Å². The molecule has 1 aromatic carbocycles. The Kier molecular flexibility index (Phi) is 4.03. The zero-order valence-electron chi connectivity index (χ0n) is 11.0. The lowest BCUT2D eigenvalue weighted by Gasteiger charge is -2.18. The molecule has 3 heteroatoms. The van der Waals surface area contributed by atoms with E-state index in [0.29, 0.717) is 6.61 Å². The summed E-state index contributed by atoms with van der Waals surface area (Å²) in [5.74, 6) is -0.215. The van der Waals surface area contributed by atoms with Crippen molar-refractivity contribution in [2.45, 2.75) is 19.8 Å². The maximum atomic E-state index is 12.2. The smallest absolute Gasteiger partial charge is 0.340 e. The van der Waals surface area contributed by atoms with E-state index in [9.17, 15) is 4.79 Å². The summed E-state index contributed by atoms with van der Waals surface area (Å²) >= 11 is 0. The number of hydrogen-bond acceptors (Lipinski definition) is 3. The molecule has 0 N–H and O–H groups in total. The number of esters is 1. The van der Waals surface area contributed by atoms with Gasteiger partial charge in [-0.3, -0.25) is 0 Å². The van der Waals surface area contributed by atoms with E-state index in [1.807, 2.05) is 44.3 Å². The zero-order chi connectivity index (χ0) is 13.0. The van der Waals surface area contributed by atoms with E-state index >= 15 is 0 Å². The molecule has 1 aromatic rings. The largest absolute Gasteiger partial charge is 0.462 e. The fourth-order valence-electron chi connectivity index (χ4n) is 2.34. The molecule has 0 saturated carbocycles. The first kappa shape index (κ1) is 12.7. The van der Waals surface area contributed by atoms with Gasteiger partial charge in [0.2, 0.25) is 0 Å². The van der Waals surface area contributed by atoms with Gasteiger partial charge < -0.3 is 9.64 Å². The summed E-state index contributed by atoms with van der Waals surface area (Å²) in [4.78, 5) is 14.3. The van der Waals surface area contributed by atoms with Gasteiger partial charge in [0.1, 0.15) is 0 Å². The number of rotatable bonds is 3. The van der Waals surface area contributed by atoms with Gasteiger partial charge in [-0.25, -0.2) is 4.79 Å². The number of likely N-dealkylation sites (tertiary alicyclic amines) is 1. The van der Waals surface area contributed by atoms with Gasteiger partial charge >= 0.3 is 5.97 Å². The van der Waals surface area contributed by atoms with Gasteiger partial charge in [0.05, 0.1) is 12.2 Å². The highest BCUT2D eigenvalue weighted by Gasteiger charge is 2.24. The summed E-state index contributed by atoms with van der Waals surface area (Å²) < 4.78 is 5.20. The number of ether oxygens (including phenoxy) is 1. The average Bonchev–Trinajstić information content (AvgIpc) is 2.78. The molecule has 1 saturated heterocycles. The Morgan fingerprint density at radius 3 is 2.61 bits per heavy atom. The van der Waals surface area contributed by atoms with Gasteiger partial charge in [0, 0.05) is 19.3 Å². The second kappa shape index (κ2) is 5.71. The Bertz CT molecular complexity index is 451. The van der Waals surface area contributed by atoms with Gasteiger partial charge in [-0.05, 0) is 25.3 Å². The fourth-order valence-corrected chi connectivity index (χ4v) is 2.34. The molecule has 96 valence electrons. The van der Waals surface area contributed by atoms with Crippen molar-refractivity contribution in [2.75, 3.05) is 20.2 Å². The van der Waals surface area contributed by atoms with Gasteiger partial charge in [-0.15, -0.1) is 0 Å². The Labute approximate surface area is 108 Å². The zero-order valence-corrected chi connectivity index (χ0v) is 11.0. The van der Waals surface area contributed by atoms with Crippen LogP contribution in [0.1, 0.15) is 25.3 Å². The average molecular weight is 245 g/mol. The molecule has 0 aromatic heterocycles. The minimum Gasteiger partial charge on any atom is -0.462 e. The van der Waals surface area contributed by atoms with Crippen LogP contribution in [-0.4, -0.2) is 31.1 Å². The van der Waals surface area contributed by atoms with Crippen molar-refractivity contribution in [1.29, 1.82) is 0 Å². The highest BCUT2D eigenvalue weighted by Crippen LogP contribution is 2.29. The number of hydrogen-bond donors (Lipinski definition) is 0. The number of carbonyl (C=O) groups is 1. The summed E-state index contributed by atoms with van der Waals surface area (Å²) in [7, 11) is 2.03. The van der Waals surface area contributed by atoms with E-state index in [4.69, 9.17) is 4.74 Å². The van der Waals surface area contributed by atoms with Crippen LogP contribution in [0.2, 0.25) is 0 Å². The molecular weight excluding hydrogens is 226 g/mol. The lowest BCUT2D eigenvalue weighted by molar-refractivity contribution is -0.136. The van der Waals surface area contributed by atoms with Crippen LogP contribution in [-0.2, 0) is 9.53 Å². The second-order valence-corrected chi connectivity index (χ2v) is 4.43. The Hall–Kier alpha value is -1.77. The van der Waals surface area contributed by atoms with Crippen molar-refractivity contribution >= 4 is 11.5 Å². The fraction of sp³-hybridized carbons (Fsp3) is 0.400. The predicted octanol–water partition coefficient (Wildman–Crippen LogP) is 2.69. The lowest BCUT2D eigenvalue weighted by Crippen LogP contribution is -2.17. The number of allylic oxidation sites excluding steroid dienone is 1. The SMILES string of the molecule is CCOC(=O)/C(=C1/CCCN1C)c1ccccc1. The topological polar surface area (TPSA) is 29.5 Å². The first-order chi connectivity index (χ1) is 8.74. The molecule has 0 unspecified atom stereocenters. The van der Waals surface area contributed by atoms with E-state index in [2.05, 4.69) is 4.90 Å². The van der Waals surface area contributed by atoms with Crippen molar-refractivity contribution in [2.24, 2.45) is 0 Å². The first-order valence-corrected chi connectivity index (χ1v) is 6.41. The molecular formula is C15H19NO2. The molecule has 1 fully saturated rings. The molecule has 0 bridgehead atoms. The van der Waals surface area contributed by atoms with Crippen LogP contribution in [0, 0.1) is 0 Å². The molecule has 0 amide bonds.